The molecule has 3 nitrogen and oxygen atoms in total. The number of hydrogen-bond donors (Lipinski definition) is 2. The number of nitrogens with zero attached hydrogens (tertiary/aromatic N) is 1. The Hall–Kier alpha value is -0.820. The first-order valence-electron chi connectivity index (χ1n) is 5.76. The average molecular weight is 297 g/mol. The van der Waals surface area contributed by atoms with Gasteiger partial charge in [0.25, 0.3) is 0 Å². The molecule has 1 unspecified atom stereocenters. The van der Waals surface area contributed by atoms with Crippen LogP contribution in [0.2, 0.25) is 0 Å². The summed E-state index contributed by atoms with van der Waals surface area (Å²) >= 11 is 0. The van der Waals surface area contributed by atoms with Crippen LogP contribution < -0.4 is 5.32 Å². The Bertz CT molecular complexity index is 414. The molecule has 1 fully saturated rings. The fraction of sp³-hybridized carbons (Fsp3) is 0.500. The largest absolute Gasteiger partial charge is 0.416 e. The predicted octanol–water partition coefficient (Wildman–Crippen LogP) is 1.85. The zero-order valence-corrected chi connectivity index (χ0v) is 11.0. The van der Waals surface area contributed by atoms with Gasteiger partial charge in [-0.05, 0) is 11.6 Å². The molecular weight excluding hydrogens is 281 g/mol. The number of alkyl halides is 3. The Morgan fingerprint density at radius 3 is 2.74 bits per heavy atom. The highest BCUT2D eigenvalue weighted by atomic mass is 35.5. The van der Waals surface area contributed by atoms with Crippen molar-refractivity contribution in [3.8, 4) is 0 Å². The standard InChI is InChI=1S/C12H15F3N2O.ClH/c13-12(14,15)10-3-1-2-9(6-10)8-17-5-4-16-7-11(17)18;/h1-3,6,11,16,18H,4-5,7-8H2;1H. The first-order valence-corrected chi connectivity index (χ1v) is 5.76. The number of nitrogens with one attached hydrogen (secondary N) is 1. The number of β-amino-alcohol motifs (C(OH)–C–C–N with tert-alkyl or cyclic N) is 1. The number of hydrogen-bond acceptors (Lipinski definition) is 3. The fourth-order valence-corrected chi connectivity index (χ4v) is 2.00. The van der Waals surface area contributed by atoms with Crippen LogP contribution in [0.5, 0.6) is 0 Å². The third-order valence-corrected chi connectivity index (χ3v) is 2.96. The summed E-state index contributed by atoms with van der Waals surface area (Å²) < 4.78 is 37.7. The molecule has 0 radical (unpaired) electrons. The molecule has 0 spiro atoms. The molecule has 7 heteroatoms. The van der Waals surface area contributed by atoms with E-state index in [0.717, 1.165) is 18.7 Å². The van der Waals surface area contributed by atoms with Crippen LogP contribution in [-0.2, 0) is 12.7 Å². The van der Waals surface area contributed by atoms with Gasteiger partial charge in [-0.3, -0.25) is 4.90 Å². The second kappa shape index (κ2) is 6.56. The number of aliphatic hydroxyl groups is 1. The molecule has 1 heterocycles. The summed E-state index contributed by atoms with van der Waals surface area (Å²) in [6.45, 7) is 2.12. The summed E-state index contributed by atoms with van der Waals surface area (Å²) in [6, 6.07) is 5.23. The van der Waals surface area contributed by atoms with Gasteiger partial charge in [-0.1, -0.05) is 18.2 Å². The lowest BCUT2D eigenvalue weighted by atomic mass is 10.1. The first kappa shape index (κ1) is 16.2. The van der Waals surface area contributed by atoms with Gasteiger partial charge in [0.2, 0.25) is 0 Å². The number of benzene rings is 1. The van der Waals surface area contributed by atoms with Crippen molar-refractivity contribution in [1.82, 2.24) is 10.2 Å². The van der Waals surface area contributed by atoms with E-state index in [4.69, 9.17) is 0 Å². The predicted molar refractivity (Wildman–Crippen MR) is 68.0 cm³/mol. The van der Waals surface area contributed by atoms with Gasteiger partial charge >= 0.3 is 6.18 Å². The van der Waals surface area contributed by atoms with Gasteiger partial charge in [0.15, 0.2) is 0 Å². The molecule has 1 aliphatic heterocycles. The maximum Gasteiger partial charge on any atom is 0.416 e. The van der Waals surface area contributed by atoms with Gasteiger partial charge in [0.05, 0.1) is 5.56 Å². The van der Waals surface area contributed by atoms with Gasteiger partial charge in [-0.15, -0.1) is 12.4 Å². The minimum absolute atomic E-state index is 0. The number of aliphatic hydroxyl groups excluding tert-OH is 1. The maximum atomic E-state index is 12.6. The Balaban J connectivity index is 0.00000180. The molecule has 0 bridgehead atoms. The lowest BCUT2D eigenvalue weighted by Crippen LogP contribution is -2.50. The van der Waals surface area contributed by atoms with Crippen LogP contribution in [0.15, 0.2) is 24.3 Å². The maximum absolute atomic E-state index is 12.6. The smallest absolute Gasteiger partial charge is 0.377 e. The Kier molecular flexibility index (Phi) is 5.61. The highest BCUT2D eigenvalue weighted by molar-refractivity contribution is 5.85. The van der Waals surface area contributed by atoms with E-state index in [2.05, 4.69) is 5.32 Å². The van der Waals surface area contributed by atoms with Gasteiger partial charge < -0.3 is 10.4 Å². The van der Waals surface area contributed by atoms with E-state index in [1.54, 1.807) is 11.0 Å². The molecule has 1 aromatic carbocycles. The Morgan fingerprint density at radius 2 is 2.11 bits per heavy atom. The van der Waals surface area contributed by atoms with Crippen molar-refractivity contribution in [3.05, 3.63) is 35.4 Å². The quantitative estimate of drug-likeness (QED) is 0.874. The SMILES string of the molecule is Cl.OC1CNCCN1Cc1cccc(C(F)(F)F)c1. The number of rotatable bonds is 2. The van der Waals surface area contributed by atoms with E-state index >= 15 is 0 Å². The zero-order chi connectivity index (χ0) is 13.2. The second-order valence-corrected chi connectivity index (χ2v) is 4.35. The molecule has 19 heavy (non-hydrogen) atoms. The molecule has 0 amide bonds. The summed E-state index contributed by atoms with van der Waals surface area (Å²) in [5, 5.41) is 12.7. The monoisotopic (exact) mass is 296 g/mol. The molecule has 2 rings (SSSR count). The first-order chi connectivity index (χ1) is 8.47. The van der Waals surface area contributed by atoms with Gasteiger partial charge in [-0.25, -0.2) is 0 Å². The van der Waals surface area contributed by atoms with Crippen LogP contribution in [-0.4, -0.2) is 35.9 Å². The highest BCUT2D eigenvalue weighted by Gasteiger charge is 2.30. The van der Waals surface area contributed by atoms with Crippen molar-refractivity contribution in [2.45, 2.75) is 18.9 Å². The van der Waals surface area contributed by atoms with E-state index in [0.29, 0.717) is 25.2 Å². The van der Waals surface area contributed by atoms with Crippen LogP contribution in [0.1, 0.15) is 11.1 Å². The third kappa shape index (κ3) is 4.35. The van der Waals surface area contributed by atoms with Crippen LogP contribution in [0, 0.1) is 0 Å². The van der Waals surface area contributed by atoms with Crippen molar-refractivity contribution in [1.29, 1.82) is 0 Å². The molecule has 2 N–H and O–H groups in total. The van der Waals surface area contributed by atoms with E-state index in [1.165, 1.54) is 6.07 Å². The minimum Gasteiger partial charge on any atom is -0.377 e. The molecule has 108 valence electrons. The normalized spacial score (nSPS) is 20.9. The highest BCUT2D eigenvalue weighted by Crippen LogP contribution is 2.29. The molecule has 0 aliphatic carbocycles. The average Bonchev–Trinajstić information content (AvgIpc) is 2.31. The molecule has 0 saturated carbocycles. The Labute approximate surface area is 115 Å². The van der Waals surface area contributed by atoms with E-state index in [9.17, 15) is 18.3 Å². The summed E-state index contributed by atoms with van der Waals surface area (Å²) in [5.41, 5.74) is -0.0876. The van der Waals surface area contributed by atoms with Crippen molar-refractivity contribution in [2.24, 2.45) is 0 Å². The molecule has 1 aromatic rings. The second-order valence-electron chi connectivity index (χ2n) is 4.35. The summed E-state index contributed by atoms with van der Waals surface area (Å²) in [5.74, 6) is 0. The number of halogens is 4. The van der Waals surface area contributed by atoms with Crippen molar-refractivity contribution in [3.63, 3.8) is 0 Å². The van der Waals surface area contributed by atoms with E-state index < -0.39 is 18.0 Å². The third-order valence-electron chi connectivity index (χ3n) is 2.96. The zero-order valence-electron chi connectivity index (χ0n) is 10.2. The molecule has 0 aromatic heterocycles. The fourth-order valence-electron chi connectivity index (χ4n) is 2.00. The molecular formula is C12H16ClF3N2O. The summed E-state index contributed by atoms with van der Waals surface area (Å²) in [6.07, 6.45) is -4.97. The van der Waals surface area contributed by atoms with Gasteiger partial charge in [0.1, 0.15) is 6.23 Å². The summed E-state index contributed by atoms with van der Waals surface area (Å²) in [7, 11) is 0. The van der Waals surface area contributed by atoms with Crippen molar-refractivity contribution in [2.75, 3.05) is 19.6 Å². The van der Waals surface area contributed by atoms with Crippen LogP contribution in [0.25, 0.3) is 0 Å². The van der Waals surface area contributed by atoms with Gasteiger partial charge in [0, 0.05) is 26.2 Å². The lowest BCUT2D eigenvalue weighted by Gasteiger charge is -2.32. The topological polar surface area (TPSA) is 35.5 Å². The van der Waals surface area contributed by atoms with Crippen LogP contribution >= 0.6 is 12.4 Å². The van der Waals surface area contributed by atoms with Crippen LogP contribution in [0.4, 0.5) is 13.2 Å². The minimum atomic E-state index is -4.32. The Morgan fingerprint density at radius 1 is 1.37 bits per heavy atom. The van der Waals surface area contributed by atoms with E-state index in [-0.39, 0.29) is 12.4 Å². The van der Waals surface area contributed by atoms with Gasteiger partial charge in [-0.2, -0.15) is 13.2 Å². The van der Waals surface area contributed by atoms with Crippen molar-refractivity contribution < 1.29 is 18.3 Å². The molecule has 1 saturated heterocycles. The molecule has 1 aliphatic rings. The molecule has 1 atom stereocenters. The van der Waals surface area contributed by atoms with E-state index in [1.807, 2.05) is 0 Å². The lowest BCUT2D eigenvalue weighted by molar-refractivity contribution is -0.137. The van der Waals surface area contributed by atoms with Crippen LogP contribution in [0.3, 0.4) is 0 Å². The van der Waals surface area contributed by atoms with Crippen molar-refractivity contribution >= 4 is 12.4 Å². The number of piperazine rings is 1. The summed E-state index contributed by atoms with van der Waals surface area (Å²) in [4.78, 5) is 1.76.